The highest BCUT2D eigenvalue weighted by Gasteiger charge is 2.04. The van der Waals surface area contributed by atoms with Crippen molar-refractivity contribution in [2.24, 2.45) is 11.3 Å². The van der Waals surface area contributed by atoms with Crippen LogP contribution in [-0.2, 0) is 0 Å². The van der Waals surface area contributed by atoms with Gasteiger partial charge in [-0.05, 0) is 24.2 Å². The zero-order chi connectivity index (χ0) is 8.91. The summed E-state index contributed by atoms with van der Waals surface area (Å²) in [6, 6.07) is 0. The standard InChI is InChI=1S/C11H21/c1-6-7-10(2)8-9-11(3,4)5/h6,8-10H,7H2,1-5H3/b9-8+. The van der Waals surface area contributed by atoms with Crippen LogP contribution in [0.1, 0.15) is 41.0 Å². The third-order valence-electron chi connectivity index (χ3n) is 1.53. The normalized spacial score (nSPS) is 15.7. The Balaban J connectivity index is 3.73. The van der Waals surface area contributed by atoms with Crippen molar-refractivity contribution in [3.05, 3.63) is 18.6 Å². The Kier molecular flexibility index (Phi) is 4.48. The average molecular weight is 153 g/mol. The second kappa shape index (κ2) is 4.58. The number of allylic oxidation sites excluding steroid dienone is 2. The van der Waals surface area contributed by atoms with Crippen molar-refractivity contribution in [3.8, 4) is 0 Å². The third-order valence-corrected chi connectivity index (χ3v) is 1.53. The molecule has 0 bridgehead atoms. The first kappa shape index (κ1) is 10.7. The first-order chi connectivity index (χ1) is 4.95. The quantitative estimate of drug-likeness (QED) is 0.540. The molecule has 0 saturated heterocycles. The molecule has 1 radical (unpaired) electrons. The second-order valence-electron chi connectivity index (χ2n) is 4.35. The molecule has 0 saturated carbocycles. The van der Waals surface area contributed by atoms with Gasteiger partial charge in [0.1, 0.15) is 0 Å². The van der Waals surface area contributed by atoms with Crippen molar-refractivity contribution in [1.29, 1.82) is 0 Å². The van der Waals surface area contributed by atoms with Crippen LogP contribution in [-0.4, -0.2) is 0 Å². The van der Waals surface area contributed by atoms with E-state index in [1.54, 1.807) is 0 Å². The van der Waals surface area contributed by atoms with Crippen molar-refractivity contribution in [2.45, 2.75) is 41.0 Å². The van der Waals surface area contributed by atoms with Crippen LogP contribution in [0.2, 0.25) is 0 Å². The Morgan fingerprint density at radius 2 is 1.82 bits per heavy atom. The van der Waals surface area contributed by atoms with Gasteiger partial charge in [-0.15, -0.1) is 0 Å². The molecule has 0 N–H and O–H groups in total. The van der Waals surface area contributed by atoms with Gasteiger partial charge in [0, 0.05) is 0 Å². The predicted molar refractivity (Wildman–Crippen MR) is 52.4 cm³/mol. The summed E-state index contributed by atoms with van der Waals surface area (Å²) in [6.07, 6.45) is 8.01. The van der Waals surface area contributed by atoms with Crippen molar-refractivity contribution in [1.82, 2.24) is 0 Å². The zero-order valence-corrected chi connectivity index (χ0v) is 8.52. The molecular formula is C11H21. The summed E-state index contributed by atoms with van der Waals surface area (Å²) in [7, 11) is 0. The fourth-order valence-electron chi connectivity index (χ4n) is 0.903. The fourth-order valence-corrected chi connectivity index (χ4v) is 0.903. The molecule has 0 aromatic carbocycles. The molecule has 0 aliphatic heterocycles. The molecule has 0 spiro atoms. The molecule has 1 unspecified atom stereocenters. The van der Waals surface area contributed by atoms with E-state index in [0.717, 1.165) is 0 Å². The summed E-state index contributed by atoms with van der Waals surface area (Å²) in [6.45, 7) is 11.0. The van der Waals surface area contributed by atoms with Crippen LogP contribution in [0.5, 0.6) is 0 Å². The van der Waals surface area contributed by atoms with Crippen LogP contribution in [0.3, 0.4) is 0 Å². The van der Waals surface area contributed by atoms with Crippen LogP contribution >= 0.6 is 0 Å². The van der Waals surface area contributed by atoms with Gasteiger partial charge in [-0.3, -0.25) is 0 Å². The molecule has 0 aliphatic rings. The van der Waals surface area contributed by atoms with Crippen LogP contribution < -0.4 is 0 Å². The number of rotatable bonds is 3. The van der Waals surface area contributed by atoms with Crippen LogP contribution in [0.4, 0.5) is 0 Å². The van der Waals surface area contributed by atoms with E-state index >= 15 is 0 Å². The van der Waals surface area contributed by atoms with Gasteiger partial charge < -0.3 is 0 Å². The van der Waals surface area contributed by atoms with Crippen molar-refractivity contribution in [2.75, 3.05) is 0 Å². The second-order valence-corrected chi connectivity index (χ2v) is 4.35. The monoisotopic (exact) mass is 153 g/mol. The number of hydrogen-bond acceptors (Lipinski definition) is 0. The zero-order valence-electron chi connectivity index (χ0n) is 8.52. The van der Waals surface area contributed by atoms with Gasteiger partial charge in [-0.2, -0.15) is 0 Å². The molecule has 0 aliphatic carbocycles. The lowest BCUT2D eigenvalue weighted by Gasteiger charge is -2.12. The first-order valence-corrected chi connectivity index (χ1v) is 4.43. The molecule has 0 rings (SSSR count). The average Bonchev–Trinajstić information content (AvgIpc) is 1.83. The van der Waals surface area contributed by atoms with Crippen LogP contribution in [0.15, 0.2) is 12.2 Å². The van der Waals surface area contributed by atoms with E-state index in [1.807, 2.05) is 0 Å². The smallest absolute Gasteiger partial charge is 0.0203 e. The Hall–Kier alpha value is -0.260. The van der Waals surface area contributed by atoms with E-state index < -0.39 is 0 Å². The Morgan fingerprint density at radius 3 is 2.18 bits per heavy atom. The van der Waals surface area contributed by atoms with E-state index in [0.29, 0.717) is 11.3 Å². The van der Waals surface area contributed by atoms with E-state index in [2.05, 4.69) is 53.2 Å². The molecule has 0 nitrogen and oxygen atoms in total. The highest BCUT2D eigenvalue weighted by molar-refractivity contribution is 4.95. The van der Waals surface area contributed by atoms with Gasteiger partial charge in [0.15, 0.2) is 0 Å². The lowest BCUT2D eigenvalue weighted by atomic mass is 9.93. The minimum absolute atomic E-state index is 0.335. The van der Waals surface area contributed by atoms with Crippen LogP contribution in [0, 0.1) is 17.8 Å². The minimum Gasteiger partial charge on any atom is -0.0852 e. The van der Waals surface area contributed by atoms with Crippen molar-refractivity contribution in [3.63, 3.8) is 0 Å². The molecule has 1 atom stereocenters. The van der Waals surface area contributed by atoms with E-state index in [9.17, 15) is 0 Å². The van der Waals surface area contributed by atoms with Gasteiger partial charge in [0.05, 0.1) is 0 Å². The molecule has 0 fully saturated rings. The van der Waals surface area contributed by atoms with E-state index in [4.69, 9.17) is 0 Å². The van der Waals surface area contributed by atoms with Crippen molar-refractivity contribution >= 4 is 0 Å². The maximum absolute atomic E-state index is 2.31. The summed E-state index contributed by atoms with van der Waals surface area (Å²) in [5.41, 5.74) is 0.335. The van der Waals surface area contributed by atoms with Crippen molar-refractivity contribution < 1.29 is 0 Å². The Morgan fingerprint density at radius 1 is 1.27 bits per heavy atom. The summed E-state index contributed by atoms with van der Waals surface area (Å²) in [5.74, 6) is 0.694. The van der Waals surface area contributed by atoms with Crippen LogP contribution in [0.25, 0.3) is 0 Å². The minimum atomic E-state index is 0.335. The maximum Gasteiger partial charge on any atom is -0.0203 e. The van der Waals surface area contributed by atoms with Gasteiger partial charge in [-0.25, -0.2) is 0 Å². The number of hydrogen-bond donors (Lipinski definition) is 0. The molecule has 0 aromatic rings. The third kappa shape index (κ3) is 7.64. The molecule has 0 heteroatoms. The van der Waals surface area contributed by atoms with E-state index in [1.165, 1.54) is 6.42 Å². The maximum atomic E-state index is 2.31. The summed E-state index contributed by atoms with van der Waals surface area (Å²) in [4.78, 5) is 0. The highest BCUT2D eigenvalue weighted by Crippen LogP contribution is 2.17. The lowest BCUT2D eigenvalue weighted by molar-refractivity contribution is 0.536. The molecule has 0 heterocycles. The largest absolute Gasteiger partial charge is 0.0852 e. The molecule has 11 heavy (non-hydrogen) atoms. The first-order valence-electron chi connectivity index (χ1n) is 4.43. The topological polar surface area (TPSA) is 0 Å². The SMILES string of the molecule is C[CH]CC(C)/C=C/C(C)(C)C. The predicted octanol–water partition coefficient (Wildman–Crippen LogP) is 3.84. The molecule has 65 valence electrons. The highest BCUT2D eigenvalue weighted by atomic mass is 14.1. The fraction of sp³-hybridized carbons (Fsp3) is 0.727. The Bertz CT molecular complexity index is 114. The molecule has 0 amide bonds. The molecule has 0 aromatic heterocycles. The summed E-state index contributed by atoms with van der Waals surface area (Å²) >= 11 is 0. The lowest BCUT2D eigenvalue weighted by Crippen LogP contribution is -2.00. The van der Waals surface area contributed by atoms with E-state index in [-0.39, 0.29) is 0 Å². The summed E-state index contributed by atoms with van der Waals surface area (Å²) < 4.78 is 0. The Labute approximate surface area is 71.7 Å². The van der Waals surface area contributed by atoms with Gasteiger partial charge in [0.2, 0.25) is 0 Å². The summed E-state index contributed by atoms with van der Waals surface area (Å²) in [5, 5.41) is 0. The molecular weight excluding hydrogens is 132 g/mol. The van der Waals surface area contributed by atoms with Gasteiger partial charge in [0.25, 0.3) is 0 Å². The van der Waals surface area contributed by atoms with Gasteiger partial charge in [-0.1, -0.05) is 46.8 Å². The van der Waals surface area contributed by atoms with Gasteiger partial charge >= 0.3 is 0 Å².